The third kappa shape index (κ3) is 6.13. The summed E-state index contributed by atoms with van der Waals surface area (Å²) < 4.78 is 1.87. The lowest BCUT2D eigenvalue weighted by Crippen LogP contribution is -2.32. The Hall–Kier alpha value is -2.71. The Balaban J connectivity index is 1.52. The average molecular weight is 399 g/mol. The molecule has 1 saturated heterocycles. The van der Waals surface area contributed by atoms with Crippen molar-refractivity contribution in [1.29, 1.82) is 0 Å². The van der Waals surface area contributed by atoms with Gasteiger partial charge in [-0.2, -0.15) is 5.10 Å². The number of carbonyl (C=O) groups is 2. The lowest BCUT2D eigenvalue weighted by molar-refractivity contribution is 0.0941. The minimum Gasteiger partial charge on any atom is -0.351 e. The molecule has 0 aliphatic carbocycles. The fourth-order valence-electron chi connectivity index (χ4n) is 3.31. The summed E-state index contributed by atoms with van der Waals surface area (Å²) in [4.78, 5) is 26.7. The summed E-state index contributed by atoms with van der Waals surface area (Å²) in [6, 6.07) is 9.34. The molecule has 3 rings (SSSR count). The zero-order chi connectivity index (χ0) is 20.6. The zero-order valence-electron chi connectivity index (χ0n) is 17.1. The third-order valence-electron chi connectivity index (χ3n) is 4.97. The van der Waals surface area contributed by atoms with Gasteiger partial charge in [0, 0.05) is 37.9 Å². The second-order valence-corrected chi connectivity index (χ2v) is 7.62. The van der Waals surface area contributed by atoms with Crippen molar-refractivity contribution in [3.8, 4) is 0 Å². The van der Waals surface area contributed by atoms with Crippen LogP contribution in [0.4, 0.5) is 0 Å². The van der Waals surface area contributed by atoms with Crippen LogP contribution >= 0.6 is 0 Å². The zero-order valence-corrected chi connectivity index (χ0v) is 17.1. The summed E-state index contributed by atoms with van der Waals surface area (Å²) in [5.74, 6) is -0.326. The van der Waals surface area contributed by atoms with Gasteiger partial charge in [-0.3, -0.25) is 14.3 Å². The Morgan fingerprint density at radius 1 is 1.24 bits per heavy atom. The van der Waals surface area contributed by atoms with Crippen molar-refractivity contribution in [3.05, 3.63) is 53.3 Å². The van der Waals surface area contributed by atoms with E-state index in [4.69, 9.17) is 0 Å². The molecule has 1 aromatic carbocycles. The van der Waals surface area contributed by atoms with Gasteiger partial charge in [-0.1, -0.05) is 12.1 Å². The summed E-state index contributed by atoms with van der Waals surface area (Å²) in [5, 5.41) is 13.6. The van der Waals surface area contributed by atoms with Gasteiger partial charge < -0.3 is 20.9 Å². The molecule has 1 atom stereocenters. The molecule has 2 amide bonds. The molecule has 0 spiro atoms. The van der Waals surface area contributed by atoms with Gasteiger partial charge in [0.1, 0.15) is 5.69 Å². The SMILES string of the molecule is CN(C)CCNC(=O)c1cccc(CNC(=O)c2ccn(C3CCCNC3)n2)c1. The van der Waals surface area contributed by atoms with Crippen LogP contribution in [0.25, 0.3) is 0 Å². The van der Waals surface area contributed by atoms with Crippen molar-refractivity contribution in [2.75, 3.05) is 40.3 Å². The van der Waals surface area contributed by atoms with Crippen molar-refractivity contribution in [2.24, 2.45) is 0 Å². The molecule has 2 aromatic rings. The Bertz CT molecular complexity index is 826. The number of hydrogen-bond acceptors (Lipinski definition) is 5. The van der Waals surface area contributed by atoms with Crippen molar-refractivity contribution in [3.63, 3.8) is 0 Å². The topological polar surface area (TPSA) is 91.3 Å². The fourth-order valence-corrected chi connectivity index (χ4v) is 3.31. The Morgan fingerprint density at radius 2 is 2.10 bits per heavy atom. The van der Waals surface area contributed by atoms with E-state index in [0.29, 0.717) is 30.4 Å². The van der Waals surface area contributed by atoms with Crippen LogP contribution in [0.1, 0.15) is 45.3 Å². The third-order valence-corrected chi connectivity index (χ3v) is 4.97. The predicted molar refractivity (Wildman–Crippen MR) is 112 cm³/mol. The van der Waals surface area contributed by atoms with E-state index in [-0.39, 0.29) is 11.8 Å². The summed E-state index contributed by atoms with van der Waals surface area (Å²) >= 11 is 0. The van der Waals surface area contributed by atoms with Gasteiger partial charge in [0.2, 0.25) is 0 Å². The quantitative estimate of drug-likeness (QED) is 0.618. The molecule has 0 saturated carbocycles. The average Bonchev–Trinajstić information content (AvgIpc) is 3.23. The van der Waals surface area contributed by atoms with Gasteiger partial charge in [-0.25, -0.2) is 0 Å². The van der Waals surface area contributed by atoms with Crippen molar-refractivity contribution in [2.45, 2.75) is 25.4 Å². The first-order chi connectivity index (χ1) is 14.0. The molecule has 29 heavy (non-hydrogen) atoms. The molecule has 2 heterocycles. The second-order valence-electron chi connectivity index (χ2n) is 7.62. The van der Waals surface area contributed by atoms with Gasteiger partial charge in [0.25, 0.3) is 11.8 Å². The van der Waals surface area contributed by atoms with Crippen LogP contribution < -0.4 is 16.0 Å². The molecule has 3 N–H and O–H groups in total. The number of benzene rings is 1. The highest BCUT2D eigenvalue weighted by Gasteiger charge is 2.17. The molecule has 1 fully saturated rings. The van der Waals surface area contributed by atoms with E-state index in [1.807, 2.05) is 42.0 Å². The minimum absolute atomic E-state index is 0.111. The van der Waals surface area contributed by atoms with E-state index in [1.54, 1.807) is 18.2 Å². The van der Waals surface area contributed by atoms with Crippen LogP contribution in [-0.2, 0) is 6.54 Å². The maximum atomic E-state index is 12.5. The standard InChI is InChI=1S/C21H30N6O2/c1-26(2)12-10-23-20(28)17-6-3-5-16(13-17)14-24-21(29)19-8-11-27(25-19)18-7-4-9-22-15-18/h3,5-6,8,11,13,18,22H,4,7,9-10,12,14-15H2,1-2H3,(H,23,28)(H,24,29). The Morgan fingerprint density at radius 3 is 2.86 bits per heavy atom. The van der Waals surface area contributed by atoms with Gasteiger partial charge in [-0.15, -0.1) is 0 Å². The van der Waals surface area contributed by atoms with E-state index >= 15 is 0 Å². The number of nitrogens with zero attached hydrogens (tertiary/aromatic N) is 3. The molecule has 0 bridgehead atoms. The van der Waals surface area contributed by atoms with E-state index < -0.39 is 0 Å². The van der Waals surface area contributed by atoms with E-state index in [0.717, 1.165) is 38.0 Å². The van der Waals surface area contributed by atoms with Crippen LogP contribution in [0.2, 0.25) is 0 Å². The van der Waals surface area contributed by atoms with Gasteiger partial charge in [0.15, 0.2) is 0 Å². The van der Waals surface area contributed by atoms with Crippen LogP contribution in [0, 0.1) is 0 Å². The molecule has 1 aliphatic rings. The van der Waals surface area contributed by atoms with Crippen molar-refractivity contribution >= 4 is 11.8 Å². The lowest BCUT2D eigenvalue weighted by Gasteiger charge is -2.22. The molecule has 1 aliphatic heterocycles. The van der Waals surface area contributed by atoms with Crippen LogP contribution in [0.5, 0.6) is 0 Å². The molecular weight excluding hydrogens is 368 g/mol. The largest absolute Gasteiger partial charge is 0.351 e. The van der Waals surface area contributed by atoms with Gasteiger partial charge in [-0.05, 0) is 57.2 Å². The molecule has 156 valence electrons. The van der Waals surface area contributed by atoms with Crippen LogP contribution in [0.3, 0.4) is 0 Å². The smallest absolute Gasteiger partial charge is 0.272 e. The highest BCUT2D eigenvalue weighted by molar-refractivity contribution is 5.94. The molecule has 8 heteroatoms. The summed E-state index contributed by atoms with van der Waals surface area (Å²) in [6.07, 6.45) is 4.05. The van der Waals surface area contributed by atoms with Crippen molar-refractivity contribution in [1.82, 2.24) is 30.6 Å². The number of nitrogens with one attached hydrogen (secondary N) is 3. The summed E-state index contributed by atoms with van der Waals surface area (Å²) in [5.41, 5.74) is 1.87. The number of aromatic nitrogens is 2. The molecule has 1 unspecified atom stereocenters. The molecule has 0 radical (unpaired) electrons. The van der Waals surface area contributed by atoms with Gasteiger partial charge >= 0.3 is 0 Å². The molecular formula is C21H30N6O2. The number of likely N-dealkylation sites (N-methyl/N-ethyl adjacent to an activating group) is 1. The highest BCUT2D eigenvalue weighted by atomic mass is 16.2. The van der Waals surface area contributed by atoms with Crippen molar-refractivity contribution < 1.29 is 9.59 Å². The predicted octanol–water partition coefficient (Wildman–Crippen LogP) is 1.03. The van der Waals surface area contributed by atoms with E-state index in [1.165, 1.54) is 0 Å². The molecule has 8 nitrogen and oxygen atoms in total. The number of rotatable bonds is 8. The fraction of sp³-hybridized carbons (Fsp3) is 0.476. The normalized spacial score (nSPS) is 16.6. The monoisotopic (exact) mass is 398 g/mol. The number of hydrogen-bond donors (Lipinski definition) is 3. The first kappa shape index (κ1) is 21.0. The second kappa shape index (κ2) is 10.2. The summed E-state index contributed by atoms with van der Waals surface area (Å²) in [6.45, 7) is 3.64. The summed E-state index contributed by atoms with van der Waals surface area (Å²) in [7, 11) is 3.93. The lowest BCUT2D eigenvalue weighted by atomic mass is 10.1. The van der Waals surface area contributed by atoms with E-state index in [2.05, 4.69) is 21.0 Å². The maximum absolute atomic E-state index is 12.5. The highest BCUT2D eigenvalue weighted by Crippen LogP contribution is 2.15. The number of carbonyl (C=O) groups excluding carboxylic acids is 2. The maximum Gasteiger partial charge on any atom is 0.272 e. The first-order valence-electron chi connectivity index (χ1n) is 10.1. The first-order valence-corrected chi connectivity index (χ1v) is 10.1. The Labute approximate surface area is 171 Å². The van der Waals surface area contributed by atoms with Gasteiger partial charge in [0.05, 0.1) is 6.04 Å². The molecule has 1 aromatic heterocycles. The minimum atomic E-state index is -0.214. The Kier molecular flexibility index (Phi) is 7.37. The van der Waals surface area contributed by atoms with Crippen LogP contribution in [0.15, 0.2) is 36.5 Å². The number of amides is 2. The van der Waals surface area contributed by atoms with E-state index in [9.17, 15) is 9.59 Å². The number of piperidine rings is 1. The van der Waals surface area contributed by atoms with Crippen LogP contribution in [-0.4, -0.2) is 66.8 Å².